The van der Waals surface area contributed by atoms with Crippen LogP contribution >= 0.6 is 7.05 Å². The van der Waals surface area contributed by atoms with Crippen molar-refractivity contribution in [3.05, 3.63) is 103 Å². The van der Waals surface area contributed by atoms with E-state index in [-0.39, 0.29) is 18.9 Å². The normalized spacial score (nSPS) is 12.1. The van der Waals surface area contributed by atoms with Crippen LogP contribution in [-0.4, -0.2) is 30.9 Å². The maximum absolute atomic E-state index is 12.9. The first-order chi connectivity index (χ1) is 17.0. The second kappa shape index (κ2) is 12.6. The van der Waals surface area contributed by atoms with Gasteiger partial charge in [-0.05, 0) is 26.3 Å². The maximum Gasteiger partial charge on any atom is 0.359 e. The molecule has 35 heavy (non-hydrogen) atoms. The number of nitrogens with zero attached hydrogens (tertiary/aromatic N) is 2. The Labute approximate surface area is 206 Å². The Morgan fingerprint density at radius 3 is 1.57 bits per heavy atom. The summed E-state index contributed by atoms with van der Waals surface area (Å²) in [5.41, 5.74) is 0.282. The van der Waals surface area contributed by atoms with Crippen molar-refractivity contribution in [3.63, 3.8) is 0 Å². The lowest BCUT2D eigenvalue weighted by Crippen LogP contribution is -2.25. The molecule has 3 aromatic carbocycles. The van der Waals surface area contributed by atoms with Crippen LogP contribution in [0.5, 0.6) is 0 Å². The van der Waals surface area contributed by atoms with Crippen LogP contribution in [0.1, 0.15) is 20.8 Å². The number of hydrogen-bond donors (Lipinski definition) is 0. The summed E-state index contributed by atoms with van der Waals surface area (Å²) in [5.74, 6) is -1.21. The summed E-state index contributed by atoms with van der Waals surface area (Å²) >= 11 is 0. The fourth-order valence-electron chi connectivity index (χ4n) is 3.55. The van der Waals surface area contributed by atoms with E-state index in [1.54, 1.807) is 20.8 Å². The van der Waals surface area contributed by atoms with Gasteiger partial charge < -0.3 is 9.47 Å². The fraction of sp³-hybridized carbons (Fsp3) is 0.179. The van der Waals surface area contributed by atoms with E-state index < -0.39 is 19.0 Å². The van der Waals surface area contributed by atoms with E-state index in [0.29, 0.717) is 5.57 Å². The summed E-state index contributed by atoms with van der Waals surface area (Å²) in [6, 6.07) is 29.8. The Bertz CT molecular complexity index is 1150. The Morgan fingerprint density at radius 2 is 1.17 bits per heavy atom. The number of hydrogen-bond acceptors (Lipinski definition) is 5. The van der Waals surface area contributed by atoms with E-state index in [9.17, 15) is 9.59 Å². The molecule has 0 heterocycles. The molecule has 0 fully saturated rings. The molecule has 0 N–H and O–H groups in total. The summed E-state index contributed by atoms with van der Waals surface area (Å²) < 4.78 is 10.2. The number of carbonyl (C=O) groups excluding carboxylic acids is 2. The van der Waals surface area contributed by atoms with Crippen LogP contribution in [0.15, 0.2) is 113 Å². The number of carbonyl (C=O) groups is 2. The maximum atomic E-state index is 12.9. The first-order valence-corrected chi connectivity index (χ1v) is 13.2. The van der Waals surface area contributed by atoms with Gasteiger partial charge in [0, 0.05) is 22.0 Å². The van der Waals surface area contributed by atoms with Gasteiger partial charge in [-0.1, -0.05) is 91.0 Å². The van der Waals surface area contributed by atoms with Gasteiger partial charge in [-0.2, -0.15) is 4.85 Å². The minimum Gasteiger partial charge on any atom is -0.463 e. The highest BCUT2D eigenvalue weighted by Gasteiger charge is 2.28. The van der Waals surface area contributed by atoms with Crippen molar-refractivity contribution in [2.75, 3.05) is 13.2 Å². The summed E-state index contributed by atoms with van der Waals surface area (Å²) in [4.78, 5) is 29.9. The van der Waals surface area contributed by atoms with E-state index in [2.05, 4.69) is 5.10 Å². The quantitative estimate of drug-likeness (QED) is 0.145. The summed E-state index contributed by atoms with van der Waals surface area (Å²) in [6.45, 7) is 5.45. The molecular weight excluding hydrogens is 459 g/mol. The molecule has 0 aromatic heterocycles. The van der Waals surface area contributed by atoms with Crippen LogP contribution in [-0.2, 0) is 19.1 Å². The second-order valence-electron chi connectivity index (χ2n) is 7.48. The van der Waals surface area contributed by atoms with Crippen LogP contribution < -0.4 is 15.9 Å². The molecule has 6 nitrogen and oxygen atoms in total. The van der Waals surface area contributed by atoms with Crippen molar-refractivity contribution in [3.8, 4) is 0 Å². The monoisotopic (exact) mass is 488 g/mol. The van der Waals surface area contributed by atoms with Crippen LogP contribution in [0.4, 0.5) is 0 Å². The van der Waals surface area contributed by atoms with Crippen molar-refractivity contribution >= 4 is 40.6 Å². The van der Waals surface area contributed by atoms with E-state index in [1.165, 1.54) is 6.08 Å². The van der Waals surface area contributed by atoms with Gasteiger partial charge in [0.1, 0.15) is 0 Å². The predicted octanol–water partition coefficient (Wildman–Crippen LogP) is 4.59. The third-order valence-electron chi connectivity index (χ3n) is 5.13. The van der Waals surface area contributed by atoms with Crippen molar-refractivity contribution < 1.29 is 19.1 Å². The standard InChI is InChI=1S/C28H29N2O4P/c1-4-33-26(31)21-22(3)27(28(32)34-5-2)29-30-35(23-15-9-6-10-16-23,24-17-11-7-12-18-24)25-19-13-8-14-20-25/h6-21H,4-5H2,1-3H3/b22-21+,29-27-. The SMILES string of the molecule is CCOC(=O)/C=C(C)/C(=N/N=P(c1ccccc1)(c1ccccc1)c1ccccc1)C(=O)OCC. The topological polar surface area (TPSA) is 77.3 Å². The number of ether oxygens (including phenoxy) is 2. The molecule has 0 atom stereocenters. The zero-order valence-corrected chi connectivity index (χ0v) is 21.0. The van der Waals surface area contributed by atoms with Gasteiger partial charge in [-0.25, -0.2) is 9.59 Å². The van der Waals surface area contributed by atoms with Gasteiger partial charge in [0.15, 0.2) is 5.71 Å². The van der Waals surface area contributed by atoms with E-state index in [0.717, 1.165) is 15.9 Å². The van der Waals surface area contributed by atoms with Crippen LogP contribution in [0.2, 0.25) is 0 Å². The molecule has 0 amide bonds. The molecule has 3 rings (SSSR count). The first-order valence-electron chi connectivity index (χ1n) is 11.4. The predicted molar refractivity (Wildman–Crippen MR) is 142 cm³/mol. The molecule has 0 saturated carbocycles. The molecule has 0 aliphatic heterocycles. The highest BCUT2D eigenvalue weighted by atomic mass is 31.2. The molecule has 0 saturated heterocycles. The Kier molecular flexibility index (Phi) is 9.33. The number of benzene rings is 3. The van der Waals surface area contributed by atoms with Gasteiger partial charge in [0.25, 0.3) is 0 Å². The average molecular weight is 489 g/mol. The van der Waals surface area contributed by atoms with Crippen LogP contribution in [0.25, 0.3) is 0 Å². The van der Waals surface area contributed by atoms with Gasteiger partial charge >= 0.3 is 11.9 Å². The summed E-state index contributed by atoms with van der Waals surface area (Å²) in [7, 11) is -2.67. The van der Waals surface area contributed by atoms with E-state index in [4.69, 9.17) is 14.3 Å². The minimum atomic E-state index is -2.67. The fourth-order valence-corrected chi connectivity index (χ4v) is 6.79. The second-order valence-corrected chi connectivity index (χ2v) is 10.5. The Balaban J connectivity index is 2.37. The molecule has 0 unspecified atom stereocenters. The van der Waals surface area contributed by atoms with Crippen LogP contribution in [0.3, 0.4) is 0 Å². The van der Waals surface area contributed by atoms with Gasteiger partial charge in [-0.15, -0.1) is 5.10 Å². The zero-order valence-electron chi connectivity index (χ0n) is 20.1. The zero-order chi connectivity index (χ0) is 25.1. The molecule has 0 bridgehead atoms. The van der Waals surface area contributed by atoms with E-state index in [1.807, 2.05) is 91.0 Å². The molecule has 0 aliphatic carbocycles. The third kappa shape index (κ3) is 6.23. The highest BCUT2D eigenvalue weighted by Crippen LogP contribution is 2.46. The van der Waals surface area contributed by atoms with Crippen molar-refractivity contribution in [2.45, 2.75) is 20.8 Å². The van der Waals surface area contributed by atoms with Crippen molar-refractivity contribution in [2.24, 2.45) is 9.96 Å². The molecule has 0 spiro atoms. The van der Waals surface area contributed by atoms with E-state index >= 15 is 0 Å². The van der Waals surface area contributed by atoms with Crippen molar-refractivity contribution in [1.82, 2.24) is 0 Å². The molecule has 7 heteroatoms. The van der Waals surface area contributed by atoms with Gasteiger partial charge in [0.05, 0.1) is 20.3 Å². The average Bonchev–Trinajstić information content (AvgIpc) is 2.88. The highest BCUT2D eigenvalue weighted by molar-refractivity contribution is 7.87. The Hall–Kier alpha value is -3.76. The molecule has 0 radical (unpaired) electrons. The molecule has 3 aromatic rings. The lowest BCUT2D eigenvalue weighted by molar-refractivity contribution is -0.137. The third-order valence-corrected chi connectivity index (χ3v) is 8.63. The smallest absolute Gasteiger partial charge is 0.359 e. The lowest BCUT2D eigenvalue weighted by atomic mass is 10.2. The molecule has 0 aliphatic rings. The van der Waals surface area contributed by atoms with Gasteiger partial charge in [0.2, 0.25) is 0 Å². The summed E-state index contributed by atoms with van der Waals surface area (Å²) in [5, 5.41) is 7.45. The van der Waals surface area contributed by atoms with Crippen LogP contribution in [0, 0.1) is 0 Å². The van der Waals surface area contributed by atoms with Gasteiger partial charge in [-0.3, -0.25) is 0 Å². The molecular formula is C28H29N2O4P. The molecule has 180 valence electrons. The number of esters is 2. The van der Waals surface area contributed by atoms with Crippen molar-refractivity contribution in [1.29, 1.82) is 0 Å². The minimum absolute atomic E-state index is 0.0351. The first kappa shape index (κ1) is 25.9. The lowest BCUT2D eigenvalue weighted by Gasteiger charge is -2.25. The Morgan fingerprint density at radius 1 is 0.743 bits per heavy atom. The largest absolute Gasteiger partial charge is 0.463 e. The summed E-state index contributed by atoms with van der Waals surface area (Å²) in [6.07, 6.45) is 1.24. The number of rotatable bonds is 9.